The highest BCUT2D eigenvalue weighted by atomic mass is 35.5. The maximum absolute atomic E-state index is 13.5. The number of carbonyl (C=O) groups excluding carboxylic acids is 2. The van der Waals surface area contributed by atoms with Gasteiger partial charge in [0.1, 0.15) is 0 Å². The zero-order chi connectivity index (χ0) is 19.6. The number of carbonyl (C=O) groups is 2. The molecule has 1 aromatic carbocycles. The van der Waals surface area contributed by atoms with Crippen LogP contribution in [0, 0.1) is 5.92 Å². The molecule has 2 heterocycles. The van der Waals surface area contributed by atoms with Crippen molar-refractivity contribution in [3.05, 3.63) is 64.9 Å². The van der Waals surface area contributed by atoms with E-state index in [1.54, 1.807) is 48.8 Å². The first-order valence-corrected chi connectivity index (χ1v) is 9.17. The summed E-state index contributed by atoms with van der Waals surface area (Å²) in [6.07, 6.45) is 3.25. The fraction of sp³-hybridized carbons (Fsp3) is 0.350. The number of halogens is 1. The van der Waals surface area contributed by atoms with Gasteiger partial charge in [-0.15, -0.1) is 0 Å². The van der Waals surface area contributed by atoms with E-state index in [0.717, 1.165) is 6.54 Å². The Morgan fingerprint density at radius 2 is 1.89 bits per heavy atom. The van der Waals surface area contributed by atoms with Crippen molar-refractivity contribution < 1.29 is 9.59 Å². The SMILES string of the molecule is CC(CN(C)C)CN1C(=O)NC(c2ccc(Cl)cc2)(c2cccnc2)C1=O. The van der Waals surface area contributed by atoms with E-state index in [9.17, 15) is 9.59 Å². The van der Waals surface area contributed by atoms with Crippen molar-refractivity contribution in [2.24, 2.45) is 5.92 Å². The second kappa shape index (κ2) is 7.66. The lowest BCUT2D eigenvalue weighted by Crippen LogP contribution is -2.45. The summed E-state index contributed by atoms with van der Waals surface area (Å²) < 4.78 is 0. The molecule has 1 aliphatic rings. The highest BCUT2D eigenvalue weighted by Crippen LogP contribution is 2.36. The van der Waals surface area contributed by atoms with Crippen LogP contribution in [0.15, 0.2) is 48.8 Å². The van der Waals surface area contributed by atoms with Crippen LogP contribution in [0.25, 0.3) is 0 Å². The molecular weight excluding hydrogens is 364 g/mol. The Morgan fingerprint density at radius 1 is 1.19 bits per heavy atom. The second-order valence-electron chi connectivity index (χ2n) is 7.21. The summed E-state index contributed by atoms with van der Waals surface area (Å²) in [5.74, 6) is -0.155. The molecule has 3 amide bonds. The molecule has 1 aromatic heterocycles. The Kier molecular flexibility index (Phi) is 5.48. The number of aromatic nitrogens is 1. The van der Waals surface area contributed by atoms with Crippen LogP contribution in [0.4, 0.5) is 4.79 Å². The van der Waals surface area contributed by atoms with E-state index in [2.05, 4.69) is 10.3 Å². The molecule has 6 nitrogen and oxygen atoms in total. The van der Waals surface area contributed by atoms with Gasteiger partial charge >= 0.3 is 6.03 Å². The minimum absolute atomic E-state index is 0.143. The minimum Gasteiger partial charge on any atom is -0.315 e. The van der Waals surface area contributed by atoms with Gasteiger partial charge in [-0.05, 0) is 43.8 Å². The molecular formula is C20H23ClN4O2. The van der Waals surface area contributed by atoms with Gasteiger partial charge in [-0.25, -0.2) is 4.79 Å². The van der Waals surface area contributed by atoms with E-state index in [0.29, 0.717) is 22.7 Å². The summed E-state index contributed by atoms with van der Waals surface area (Å²) in [6.45, 7) is 3.14. The topological polar surface area (TPSA) is 65.5 Å². The number of imide groups is 1. The van der Waals surface area contributed by atoms with E-state index in [1.165, 1.54) is 4.90 Å². The van der Waals surface area contributed by atoms with Gasteiger partial charge in [0.05, 0.1) is 0 Å². The van der Waals surface area contributed by atoms with Crippen LogP contribution < -0.4 is 5.32 Å². The van der Waals surface area contributed by atoms with Crippen LogP contribution in [0.1, 0.15) is 18.1 Å². The fourth-order valence-corrected chi connectivity index (χ4v) is 3.70. The predicted octanol–water partition coefficient (Wildman–Crippen LogP) is 2.73. The average molecular weight is 387 g/mol. The molecule has 0 saturated carbocycles. The predicted molar refractivity (Wildman–Crippen MR) is 104 cm³/mol. The Balaban J connectivity index is 2.03. The summed E-state index contributed by atoms with van der Waals surface area (Å²) >= 11 is 6.02. The van der Waals surface area contributed by atoms with Crippen LogP contribution in [-0.2, 0) is 10.3 Å². The Bertz CT molecular complexity index is 826. The largest absolute Gasteiger partial charge is 0.325 e. The van der Waals surface area contributed by atoms with E-state index >= 15 is 0 Å². The number of benzene rings is 1. The van der Waals surface area contributed by atoms with Crippen molar-refractivity contribution in [3.63, 3.8) is 0 Å². The lowest BCUT2D eigenvalue weighted by molar-refractivity contribution is -0.130. The Morgan fingerprint density at radius 3 is 2.48 bits per heavy atom. The Labute approximate surface area is 164 Å². The molecule has 1 N–H and O–H groups in total. The van der Waals surface area contributed by atoms with Crippen LogP contribution in [0.2, 0.25) is 5.02 Å². The van der Waals surface area contributed by atoms with Gasteiger partial charge in [0.25, 0.3) is 5.91 Å². The summed E-state index contributed by atoms with van der Waals surface area (Å²) in [4.78, 5) is 33.8. The van der Waals surface area contributed by atoms with Crippen LogP contribution in [0.3, 0.4) is 0 Å². The maximum Gasteiger partial charge on any atom is 0.325 e. The smallest absolute Gasteiger partial charge is 0.315 e. The Hall–Kier alpha value is -2.44. The van der Waals surface area contributed by atoms with E-state index < -0.39 is 11.6 Å². The number of pyridine rings is 1. The van der Waals surface area contributed by atoms with Crippen molar-refractivity contribution in [1.82, 2.24) is 20.1 Å². The van der Waals surface area contributed by atoms with Gasteiger partial charge in [-0.1, -0.05) is 36.7 Å². The number of amides is 3. The zero-order valence-corrected chi connectivity index (χ0v) is 16.4. The summed E-state index contributed by atoms with van der Waals surface area (Å²) in [7, 11) is 3.94. The molecule has 0 radical (unpaired) electrons. The number of nitrogens with one attached hydrogen (secondary N) is 1. The maximum atomic E-state index is 13.5. The molecule has 2 atom stereocenters. The van der Waals surface area contributed by atoms with E-state index in [-0.39, 0.29) is 11.8 Å². The second-order valence-corrected chi connectivity index (χ2v) is 7.65. The van der Waals surface area contributed by atoms with E-state index in [1.807, 2.05) is 25.9 Å². The number of nitrogens with zero attached hydrogens (tertiary/aromatic N) is 3. The molecule has 142 valence electrons. The van der Waals surface area contributed by atoms with Crippen LogP contribution in [-0.4, -0.2) is 53.9 Å². The monoisotopic (exact) mass is 386 g/mol. The van der Waals surface area contributed by atoms with Crippen molar-refractivity contribution in [1.29, 1.82) is 0 Å². The summed E-state index contributed by atoms with van der Waals surface area (Å²) in [5, 5.41) is 3.48. The lowest BCUT2D eigenvalue weighted by atomic mass is 9.83. The number of urea groups is 1. The molecule has 1 aliphatic heterocycles. The number of hydrogen-bond donors (Lipinski definition) is 1. The quantitative estimate of drug-likeness (QED) is 0.775. The molecule has 2 unspecified atom stereocenters. The third kappa shape index (κ3) is 3.68. The van der Waals surface area contributed by atoms with Gasteiger partial charge < -0.3 is 10.2 Å². The molecule has 1 saturated heterocycles. The first-order chi connectivity index (χ1) is 12.8. The molecule has 0 aliphatic carbocycles. The third-order valence-electron chi connectivity index (χ3n) is 4.65. The van der Waals surface area contributed by atoms with Crippen molar-refractivity contribution in [2.75, 3.05) is 27.2 Å². The van der Waals surface area contributed by atoms with Gasteiger partial charge in [0.15, 0.2) is 5.54 Å². The van der Waals surface area contributed by atoms with Gasteiger partial charge in [-0.2, -0.15) is 0 Å². The average Bonchev–Trinajstić information content (AvgIpc) is 2.88. The van der Waals surface area contributed by atoms with Crippen molar-refractivity contribution >= 4 is 23.5 Å². The van der Waals surface area contributed by atoms with Gasteiger partial charge in [0, 0.05) is 36.1 Å². The van der Waals surface area contributed by atoms with Gasteiger partial charge in [0.2, 0.25) is 0 Å². The van der Waals surface area contributed by atoms with Crippen molar-refractivity contribution in [2.45, 2.75) is 12.5 Å². The van der Waals surface area contributed by atoms with E-state index in [4.69, 9.17) is 11.6 Å². The molecule has 7 heteroatoms. The minimum atomic E-state index is -1.30. The standard InChI is InChI=1S/C20H23ClN4O2/c1-14(12-24(2)3)13-25-18(26)20(23-19(25)27,16-5-4-10-22-11-16)15-6-8-17(21)9-7-15/h4-11,14H,12-13H2,1-3H3,(H,23,27). The number of rotatable bonds is 6. The third-order valence-corrected chi connectivity index (χ3v) is 4.90. The van der Waals surface area contributed by atoms with Crippen LogP contribution in [0.5, 0.6) is 0 Å². The lowest BCUT2D eigenvalue weighted by Gasteiger charge is -2.28. The summed E-state index contributed by atoms with van der Waals surface area (Å²) in [6, 6.07) is 10.1. The number of hydrogen-bond acceptors (Lipinski definition) is 4. The molecule has 1 fully saturated rings. The normalized spacial score (nSPS) is 20.9. The first kappa shape index (κ1) is 19.3. The molecule has 0 spiro atoms. The van der Waals surface area contributed by atoms with Crippen LogP contribution >= 0.6 is 11.6 Å². The van der Waals surface area contributed by atoms with Crippen molar-refractivity contribution in [3.8, 4) is 0 Å². The van der Waals surface area contributed by atoms with Gasteiger partial charge in [-0.3, -0.25) is 14.7 Å². The fourth-order valence-electron chi connectivity index (χ4n) is 3.58. The highest BCUT2D eigenvalue weighted by molar-refractivity contribution is 6.30. The molecule has 3 rings (SSSR count). The highest BCUT2D eigenvalue weighted by Gasteiger charge is 2.54. The first-order valence-electron chi connectivity index (χ1n) is 8.80. The zero-order valence-electron chi connectivity index (χ0n) is 15.6. The summed E-state index contributed by atoms with van der Waals surface area (Å²) in [5.41, 5.74) is -0.0252. The molecule has 0 bridgehead atoms. The molecule has 2 aromatic rings. The molecule has 27 heavy (non-hydrogen) atoms.